The van der Waals surface area contributed by atoms with E-state index in [0.717, 1.165) is 25.7 Å². The minimum absolute atomic E-state index is 0.759. The predicted molar refractivity (Wildman–Crippen MR) is 35.4 cm³/mol. The molecule has 0 aliphatic heterocycles. The minimum atomic E-state index is -0.759. The van der Waals surface area contributed by atoms with Gasteiger partial charge in [-0.25, -0.2) is 5.11 Å². The zero-order chi connectivity index (χ0) is 6.04. The van der Waals surface area contributed by atoms with E-state index in [9.17, 15) is 5.11 Å². The lowest BCUT2D eigenvalue weighted by atomic mass is 9.98. The van der Waals surface area contributed by atoms with Crippen molar-refractivity contribution < 1.29 is 5.11 Å². The van der Waals surface area contributed by atoms with E-state index >= 15 is 0 Å². The van der Waals surface area contributed by atoms with Crippen molar-refractivity contribution in [2.45, 2.75) is 36.6 Å². The molecular weight excluding hydrogens is 168 g/mol. The highest BCUT2D eigenvalue weighted by molar-refractivity contribution is 9.10. The molecular formula is C6H10BrO. The fraction of sp³-hybridized carbons (Fsp3) is 1.00. The highest BCUT2D eigenvalue weighted by Crippen LogP contribution is 2.33. The molecule has 0 saturated heterocycles. The largest absolute Gasteiger partial charge is 0.217 e. The Kier molecular flexibility index (Phi) is 1.93. The molecule has 0 heterocycles. The SMILES string of the molecule is [O]C1(Br)CCCCC1. The lowest BCUT2D eigenvalue weighted by Gasteiger charge is -2.22. The van der Waals surface area contributed by atoms with Crippen LogP contribution in [0.5, 0.6) is 0 Å². The molecule has 0 unspecified atom stereocenters. The summed E-state index contributed by atoms with van der Waals surface area (Å²) in [5.41, 5.74) is 0. The summed E-state index contributed by atoms with van der Waals surface area (Å²) in [4.78, 5) is 0. The van der Waals surface area contributed by atoms with Crippen LogP contribution < -0.4 is 0 Å². The molecule has 1 radical (unpaired) electrons. The van der Waals surface area contributed by atoms with Crippen LogP contribution in [0.15, 0.2) is 0 Å². The molecule has 0 aromatic carbocycles. The molecule has 0 spiro atoms. The second kappa shape index (κ2) is 2.36. The number of hydrogen-bond donors (Lipinski definition) is 0. The van der Waals surface area contributed by atoms with E-state index < -0.39 is 4.51 Å². The highest BCUT2D eigenvalue weighted by Gasteiger charge is 2.26. The smallest absolute Gasteiger partial charge is 0.158 e. The predicted octanol–water partition coefficient (Wildman–Crippen LogP) is 2.47. The Hall–Kier alpha value is 0.440. The van der Waals surface area contributed by atoms with E-state index in [1.807, 2.05) is 0 Å². The lowest BCUT2D eigenvalue weighted by molar-refractivity contribution is 0.0303. The molecule has 0 aromatic heterocycles. The maximum Gasteiger partial charge on any atom is 0.158 e. The normalized spacial score (nSPS) is 27.8. The quantitative estimate of drug-likeness (QED) is 0.508. The number of rotatable bonds is 0. The topological polar surface area (TPSA) is 19.9 Å². The van der Waals surface area contributed by atoms with Crippen molar-refractivity contribution in [3.05, 3.63) is 0 Å². The molecule has 0 N–H and O–H groups in total. The van der Waals surface area contributed by atoms with Crippen molar-refractivity contribution in [3.63, 3.8) is 0 Å². The zero-order valence-electron chi connectivity index (χ0n) is 4.82. The fourth-order valence-corrected chi connectivity index (χ4v) is 1.64. The number of alkyl halides is 1. The minimum Gasteiger partial charge on any atom is -0.217 e. The molecule has 2 heteroatoms. The van der Waals surface area contributed by atoms with Gasteiger partial charge in [-0.15, -0.1) is 0 Å². The van der Waals surface area contributed by atoms with Gasteiger partial charge in [0.2, 0.25) is 0 Å². The Morgan fingerprint density at radius 1 is 1.12 bits per heavy atom. The summed E-state index contributed by atoms with van der Waals surface area (Å²) in [7, 11) is 0. The van der Waals surface area contributed by atoms with Gasteiger partial charge in [0.1, 0.15) is 0 Å². The molecule has 1 aliphatic rings. The van der Waals surface area contributed by atoms with Crippen LogP contribution in [0.4, 0.5) is 0 Å². The second-order valence-corrected chi connectivity index (χ2v) is 3.89. The Morgan fingerprint density at radius 3 is 1.88 bits per heavy atom. The van der Waals surface area contributed by atoms with E-state index in [0.29, 0.717) is 0 Å². The highest BCUT2D eigenvalue weighted by atomic mass is 79.9. The molecule has 1 aliphatic carbocycles. The van der Waals surface area contributed by atoms with E-state index in [1.165, 1.54) is 6.42 Å². The van der Waals surface area contributed by atoms with Crippen LogP contribution in [0.3, 0.4) is 0 Å². The van der Waals surface area contributed by atoms with Gasteiger partial charge in [-0.1, -0.05) is 22.4 Å². The second-order valence-electron chi connectivity index (χ2n) is 2.44. The third kappa shape index (κ3) is 1.75. The van der Waals surface area contributed by atoms with Gasteiger partial charge in [-0.2, -0.15) is 0 Å². The Labute approximate surface area is 58.2 Å². The third-order valence-electron chi connectivity index (χ3n) is 1.60. The van der Waals surface area contributed by atoms with E-state index in [1.54, 1.807) is 0 Å². The molecule has 0 bridgehead atoms. The van der Waals surface area contributed by atoms with Crippen molar-refractivity contribution in [1.29, 1.82) is 0 Å². The first-order valence-electron chi connectivity index (χ1n) is 3.10. The average Bonchev–Trinajstić information content (AvgIpc) is 1.65. The maximum absolute atomic E-state index is 11.0. The first kappa shape index (κ1) is 6.56. The summed E-state index contributed by atoms with van der Waals surface area (Å²) >= 11 is 3.14. The van der Waals surface area contributed by atoms with Gasteiger partial charge in [0.15, 0.2) is 4.51 Å². The summed E-state index contributed by atoms with van der Waals surface area (Å²) in [6.45, 7) is 0. The lowest BCUT2D eigenvalue weighted by Crippen LogP contribution is -2.20. The molecule has 0 atom stereocenters. The maximum atomic E-state index is 11.0. The number of hydrogen-bond acceptors (Lipinski definition) is 0. The van der Waals surface area contributed by atoms with Crippen LogP contribution in [-0.4, -0.2) is 4.51 Å². The van der Waals surface area contributed by atoms with Gasteiger partial charge in [0.05, 0.1) is 0 Å². The molecule has 0 aromatic rings. The Bertz CT molecular complexity index is 72.6. The molecule has 8 heavy (non-hydrogen) atoms. The van der Waals surface area contributed by atoms with Crippen molar-refractivity contribution in [2.24, 2.45) is 0 Å². The van der Waals surface area contributed by atoms with Gasteiger partial charge in [0.25, 0.3) is 0 Å². The first-order valence-corrected chi connectivity index (χ1v) is 3.89. The van der Waals surface area contributed by atoms with E-state index in [-0.39, 0.29) is 0 Å². The number of halogens is 1. The van der Waals surface area contributed by atoms with Crippen LogP contribution in [0.25, 0.3) is 0 Å². The van der Waals surface area contributed by atoms with E-state index in [2.05, 4.69) is 15.9 Å². The summed E-state index contributed by atoms with van der Waals surface area (Å²) in [5.74, 6) is 0. The zero-order valence-corrected chi connectivity index (χ0v) is 6.41. The summed E-state index contributed by atoms with van der Waals surface area (Å²) < 4.78 is -0.759. The van der Waals surface area contributed by atoms with Crippen LogP contribution in [-0.2, 0) is 5.11 Å². The molecule has 1 rings (SSSR count). The monoisotopic (exact) mass is 177 g/mol. The Balaban J connectivity index is 2.33. The third-order valence-corrected chi connectivity index (χ3v) is 2.39. The molecule has 1 fully saturated rings. The van der Waals surface area contributed by atoms with Crippen LogP contribution in [0.1, 0.15) is 32.1 Å². The van der Waals surface area contributed by atoms with Gasteiger partial charge < -0.3 is 0 Å². The van der Waals surface area contributed by atoms with Crippen LogP contribution in [0, 0.1) is 0 Å². The van der Waals surface area contributed by atoms with Crippen molar-refractivity contribution in [1.82, 2.24) is 0 Å². The average molecular weight is 178 g/mol. The Morgan fingerprint density at radius 2 is 1.62 bits per heavy atom. The van der Waals surface area contributed by atoms with Crippen molar-refractivity contribution >= 4 is 15.9 Å². The molecule has 47 valence electrons. The summed E-state index contributed by atoms with van der Waals surface area (Å²) in [5, 5.41) is 11.0. The van der Waals surface area contributed by atoms with Crippen molar-refractivity contribution in [3.8, 4) is 0 Å². The molecule has 0 amide bonds. The van der Waals surface area contributed by atoms with Crippen LogP contribution in [0.2, 0.25) is 0 Å². The first-order chi connectivity index (χ1) is 3.71. The van der Waals surface area contributed by atoms with Crippen molar-refractivity contribution in [2.75, 3.05) is 0 Å². The van der Waals surface area contributed by atoms with Gasteiger partial charge >= 0.3 is 0 Å². The fourth-order valence-electron chi connectivity index (χ4n) is 1.08. The summed E-state index contributed by atoms with van der Waals surface area (Å²) in [6, 6.07) is 0. The molecule has 1 saturated carbocycles. The summed E-state index contributed by atoms with van der Waals surface area (Å²) in [6.07, 6.45) is 5.08. The van der Waals surface area contributed by atoms with Gasteiger partial charge in [0, 0.05) is 0 Å². The van der Waals surface area contributed by atoms with Gasteiger partial charge in [-0.3, -0.25) is 0 Å². The van der Waals surface area contributed by atoms with E-state index in [4.69, 9.17) is 0 Å². The van der Waals surface area contributed by atoms with Crippen LogP contribution >= 0.6 is 15.9 Å². The standard InChI is InChI=1S/C6H10BrO/c7-6(8)4-2-1-3-5-6/h1-5H2. The van der Waals surface area contributed by atoms with Gasteiger partial charge in [-0.05, 0) is 25.7 Å². The molecule has 1 nitrogen and oxygen atoms in total.